The molecule has 2 aromatic rings. The maximum Gasteiger partial charge on any atom is 0.171 e. The normalized spacial score (nSPS) is 19.6. The van der Waals surface area contributed by atoms with E-state index in [9.17, 15) is 0 Å². The number of ether oxygens (including phenoxy) is 2. The van der Waals surface area contributed by atoms with Crippen LogP contribution in [0.5, 0.6) is 0 Å². The fourth-order valence-corrected chi connectivity index (χ4v) is 3.17. The van der Waals surface area contributed by atoms with Crippen molar-refractivity contribution in [1.82, 2.24) is 15.0 Å². The number of piperidine rings is 1. The van der Waals surface area contributed by atoms with E-state index in [-0.39, 0.29) is 5.79 Å². The Morgan fingerprint density at radius 3 is 2.58 bits per heavy atom. The average molecular weight is 327 g/mol. The molecule has 24 heavy (non-hydrogen) atoms. The molecule has 0 amide bonds. The van der Waals surface area contributed by atoms with Crippen LogP contribution >= 0.6 is 0 Å². The quantitative estimate of drug-likeness (QED) is 0.918. The zero-order valence-corrected chi connectivity index (χ0v) is 13.5. The Morgan fingerprint density at radius 2 is 1.83 bits per heavy atom. The Bertz CT molecular complexity index is 666. The Morgan fingerprint density at radius 1 is 1.08 bits per heavy atom. The van der Waals surface area contributed by atoms with Crippen molar-refractivity contribution in [2.45, 2.75) is 25.2 Å². The number of anilines is 2. The van der Waals surface area contributed by atoms with Crippen molar-refractivity contribution in [1.29, 1.82) is 0 Å². The van der Waals surface area contributed by atoms with Crippen LogP contribution < -0.4 is 10.2 Å². The summed E-state index contributed by atoms with van der Waals surface area (Å²) in [6, 6.07) is 5.97. The van der Waals surface area contributed by atoms with E-state index in [0.29, 0.717) is 19.8 Å². The van der Waals surface area contributed by atoms with E-state index in [4.69, 9.17) is 9.47 Å². The van der Waals surface area contributed by atoms with Gasteiger partial charge in [-0.3, -0.25) is 4.98 Å². The lowest BCUT2D eigenvalue weighted by atomic mass is 10.0. The second-order valence-corrected chi connectivity index (χ2v) is 6.07. The topological polar surface area (TPSA) is 72.4 Å². The third-order valence-electron chi connectivity index (χ3n) is 4.54. The molecule has 7 heteroatoms. The molecule has 0 aliphatic carbocycles. The first-order chi connectivity index (χ1) is 11.8. The number of nitrogens with zero attached hydrogens (tertiary/aromatic N) is 4. The lowest BCUT2D eigenvalue weighted by Crippen LogP contribution is -2.45. The van der Waals surface area contributed by atoms with Gasteiger partial charge in [0.15, 0.2) is 5.79 Å². The highest BCUT2D eigenvalue weighted by Crippen LogP contribution is 2.32. The number of nitrogens with one attached hydrogen (secondary N) is 1. The Labute approximate surface area is 141 Å². The minimum absolute atomic E-state index is 0.355. The third kappa shape index (κ3) is 3.32. The van der Waals surface area contributed by atoms with Gasteiger partial charge in [-0.05, 0) is 17.7 Å². The van der Waals surface area contributed by atoms with Gasteiger partial charge in [0.2, 0.25) is 0 Å². The van der Waals surface area contributed by atoms with Crippen LogP contribution in [-0.4, -0.2) is 47.0 Å². The molecule has 0 aromatic carbocycles. The van der Waals surface area contributed by atoms with Gasteiger partial charge in [-0.2, -0.15) is 0 Å². The molecule has 0 saturated carbocycles. The molecule has 0 unspecified atom stereocenters. The van der Waals surface area contributed by atoms with Gasteiger partial charge in [-0.1, -0.05) is 0 Å². The van der Waals surface area contributed by atoms with Gasteiger partial charge in [0.05, 0.1) is 13.2 Å². The largest absolute Gasteiger partial charge is 0.366 e. The summed E-state index contributed by atoms with van der Waals surface area (Å²) < 4.78 is 11.6. The predicted octanol–water partition coefficient (Wildman–Crippen LogP) is 1.83. The molecule has 7 nitrogen and oxygen atoms in total. The highest BCUT2D eigenvalue weighted by molar-refractivity contribution is 5.49. The third-order valence-corrected chi connectivity index (χ3v) is 4.54. The first kappa shape index (κ1) is 15.3. The summed E-state index contributed by atoms with van der Waals surface area (Å²) in [5.41, 5.74) is 1.17. The van der Waals surface area contributed by atoms with Gasteiger partial charge in [0.1, 0.15) is 18.0 Å². The van der Waals surface area contributed by atoms with Crippen LogP contribution in [0.1, 0.15) is 18.4 Å². The highest BCUT2D eigenvalue weighted by atomic mass is 16.7. The summed E-state index contributed by atoms with van der Waals surface area (Å²) in [5, 5.41) is 3.33. The fourth-order valence-electron chi connectivity index (χ4n) is 3.17. The van der Waals surface area contributed by atoms with Crippen LogP contribution in [0.2, 0.25) is 0 Å². The zero-order chi connectivity index (χ0) is 16.2. The number of pyridine rings is 1. The minimum atomic E-state index is -0.355. The van der Waals surface area contributed by atoms with Gasteiger partial charge >= 0.3 is 0 Å². The SMILES string of the molecule is c1cc(CNc2cc(N3CCC4(CC3)OCCO4)ncn2)ccn1. The van der Waals surface area contributed by atoms with Crippen molar-refractivity contribution in [3.8, 4) is 0 Å². The van der Waals surface area contributed by atoms with Crippen molar-refractivity contribution in [2.24, 2.45) is 0 Å². The van der Waals surface area contributed by atoms with Crippen molar-refractivity contribution < 1.29 is 9.47 Å². The molecule has 2 saturated heterocycles. The van der Waals surface area contributed by atoms with Gasteiger partial charge in [0, 0.05) is 50.9 Å². The van der Waals surface area contributed by atoms with E-state index in [1.807, 2.05) is 18.2 Å². The van der Waals surface area contributed by atoms with E-state index in [2.05, 4.69) is 25.2 Å². The van der Waals surface area contributed by atoms with E-state index in [0.717, 1.165) is 37.6 Å². The summed E-state index contributed by atoms with van der Waals surface area (Å²) >= 11 is 0. The molecule has 0 atom stereocenters. The molecule has 0 bridgehead atoms. The van der Waals surface area contributed by atoms with Gasteiger partial charge < -0.3 is 19.7 Å². The maximum absolute atomic E-state index is 5.78. The molecule has 4 rings (SSSR count). The summed E-state index contributed by atoms with van der Waals surface area (Å²) in [7, 11) is 0. The lowest BCUT2D eigenvalue weighted by molar-refractivity contribution is -0.169. The fraction of sp³-hybridized carbons (Fsp3) is 0.471. The number of rotatable bonds is 4. The van der Waals surface area contributed by atoms with Gasteiger partial charge in [0.25, 0.3) is 0 Å². The average Bonchev–Trinajstić information content (AvgIpc) is 3.10. The lowest BCUT2D eigenvalue weighted by Gasteiger charge is -2.38. The van der Waals surface area contributed by atoms with Crippen molar-refractivity contribution in [2.75, 3.05) is 36.5 Å². The van der Waals surface area contributed by atoms with Crippen LogP contribution in [0.4, 0.5) is 11.6 Å². The molecular weight excluding hydrogens is 306 g/mol. The number of hydrogen-bond donors (Lipinski definition) is 1. The maximum atomic E-state index is 5.78. The van der Waals surface area contributed by atoms with Crippen LogP contribution in [0, 0.1) is 0 Å². The van der Waals surface area contributed by atoms with E-state index in [1.165, 1.54) is 5.56 Å². The van der Waals surface area contributed by atoms with Crippen molar-refractivity contribution in [3.63, 3.8) is 0 Å². The van der Waals surface area contributed by atoms with Crippen LogP contribution in [0.25, 0.3) is 0 Å². The predicted molar refractivity (Wildman–Crippen MR) is 89.7 cm³/mol. The number of hydrogen-bond acceptors (Lipinski definition) is 7. The van der Waals surface area contributed by atoms with Gasteiger partial charge in [-0.25, -0.2) is 9.97 Å². The molecule has 0 radical (unpaired) electrons. The monoisotopic (exact) mass is 327 g/mol. The molecule has 2 aliphatic rings. The van der Waals surface area contributed by atoms with E-state index in [1.54, 1.807) is 18.7 Å². The Hall–Kier alpha value is -2.25. The standard InChI is InChI=1S/C17H21N5O2/c1-5-18-6-2-14(1)12-19-15-11-16(21-13-20-15)22-7-3-17(4-8-22)23-9-10-24-17/h1-2,5-6,11,13H,3-4,7-10,12H2,(H,19,20,21). The van der Waals surface area contributed by atoms with Crippen molar-refractivity contribution >= 4 is 11.6 Å². The summed E-state index contributed by atoms with van der Waals surface area (Å²) in [6.07, 6.45) is 6.93. The first-order valence-electron chi connectivity index (χ1n) is 8.31. The molecule has 1 spiro atoms. The second-order valence-electron chi connectivity index (χ2n) is 6.07. The second kappa shape index (κ2) is 6.70. The van der Waals surface area contributed by atoms with E-state index >= 15 is 0 Å². The number of aromatic nitrogens is 3. The molecule has 126 valence electrons. The summed E-state index contributed by atoms with van der Waals surface area (Å²) in [4.78, 5) is 15.0. The highest BCUT2D eigenvalue weighted by Gasteiger charge is 2.40. The minimum Gasteiger partial charge on any atom is -0.366 e. The molecule has 2 fully saturated rings. The zero-order valence-electron chi connectivity index (χ0n) is 13.5. The Kier molecular flexibility index (Phi) is 4.27. The van der Waals surface area contributed by atoms with Gasteiger partial charge in [-0.15, -0.1) is 0 Å². The first-order valence-corrected chi connectivity index (χ1v) is 8.31. The van der Waals surface area contributed by atoms with Crippen LogP contribution in [-0.2, 0) is 16.0 Å². The molecule has 1 N–H and O–H groups in total. The molecular formula is C17H21N5O2. The Balaban J connectivity index is 1.38. The molecule has 4 heterocycles. The molecule has 2 aromatic heterocycles. The summed E-state index contributed by atoms with van der Waals surface area (Å²) in [6.45, 7) is 3.87. The smallest absolute Gasteiger partial charge is 0.171 e. The molecule has 2 aliphatic heterocycles. The van der Waals surface area contributed by atoms with Crippen molar-refractivity contribution in [3.05, 3.63) is 42.5 Å². The van der Waals surface area contributed by atoms with Crippen LogP contribution in [0.15, 0.2) is 36.9 Å². The van der Waals surface area contributed by atoms with Crippen LogP contribution in [0.3, 0.4) is 0 Å². The summed E-state index contributed by atoms with van der Waals surface area (Å²) in [5.74, 6) is 1.41. The van der Waals surface area contributed by atoms with E-state index < -0.39 is 0 Å².